The van der Waals surface area contributed by atoms with E-state index in [1.54, 1.807) is 0 Å². The van der Waals surface area contributed by atoms with Crippen molar-refractivity contribution >= 4 is 34.7 Å². The van der Waals surface area contributed by atoms with Crippen LogP contribution in [0.1, 0.15) is 18.1 Å². The minimum Gasteiger partial charge on any atom is -0.389 e. The zero-order valence-corrected chi connectivity index (χ0v) is 12.5. The van der Waals surface area contributed by atoms with Gasteiger partial charge in [-0.15, -0.1) is 0 Å². The molecule has 2 N–H and O–H groups in total. The first-order valence-electron chi connectivity index (χ1n) is 5.59. The summed E-state index contributed by atoms with van der Waals surface area (Å²) in [5.41, 5.74) is 9.08. The number of thiocarbonyl (C=S) groups is 1. The zero-order chi connectivity index (χ0) is 13.0. The molecule has 0 amide bonds. The Bertz CT molecular complexity index is 404. The van der Waals surface area contributed by atoms with E-state index >= 15 is 0 Å². The summed E-state index contributed by atoms with van der Waals surface area (Å²) in [7, 11) is 2.09. The summed E-state index contributed by atoms with van der Waals surface area (Å²) in [5, 5.41) is 0. The van der Waals surface area contributed by atoms with Crippen LogP contribution in [0.4, 0.5) is 5.69 Å². The van der Waals surface area contributed by atoms with Crippen LogP contribution in [-0.2, 0) is 0 Å². The van der Waals surface area contributed by atoms with Gasteiger partial charge >= 0.3 is 0 Å². The molecule has 94 valence electrons. The average Bonchev–Trinajstić information content (AvgIpc) is 2.27. The van der Waals surface area contributed by atoms with Gasteiger partial charge in [-0.1, -0.05) is 18.3 Å². The second-order valence-corrected chi connectivity index (χ2v) is 5.65. The molecular formula is C13H20N2S2. The van der Waals surface area contributed by atoms with Crippen molar-refractivity contribution in [3.05, 3.63) is 29.3 Å². The van der Waals surface area contributed by atoms with Crippen LogP contribution in [0.5, 0.6) is 0 Å². The SMILES string of the molecule is CSCC(C)N(C)c1cc(C)ccc1C(N)=S. The van der Waals surface area contributed by atoms with Crippen molar-refractivity contribution in [1.29, 1.82) is 0 Å². The van der Waals surface area contributed by atoms with Crippen molar-refractivity contribution in [2.45, 2.75) is 19.9 Å². The zero-order valence-electron chi connectivity index (χ0n) is 10.9. The van der Waals surface area contributed by atoms with E-state index in [4.69, 9.17) is 18.0 Å². The molecule has 1 atom stereocenters. The fourth-order valence-electron chi connectivity index (χ4n) is 1.73. The van der Waals surface area contributed by atoms with E-state index in [1.807, 2.05) is 23.9 Å². The minimum atomic E-state index is 0.458. The lowest BCUT2D eigenvalue weighted by atomic mass is 10.1. The quantitative estimate of drug-likeness (QED) is 0.832. The summed E-state index contributed by atoms with van der Waals surface area (Å²) in [6.07, 6.45) is 2.12. The fraction of sp³-hybridized carbons (Fsp3) is 0.462. The summed E-state index contributed by atoms with van der Waals surface area (Å²) in [4.78, 5) is 2.71. The van der Waals surface area contributed by atoms with E-state index in [0.29, 0.717) is 11.0 Å². The Hall–Kier alpha value is -0.740. The van der Waals surface area contributed by atoms with Crippen molar-refractivity contribution in [1.82, 2.24) is 0 Å². The number of anilines is 1. The molecule has 0 fully saturated rings. The highest BCUT2D eigenvalue weighted by molar-refractivity contribution is 7.98. The minimum absolute atomic E-state index is 0.458. The summed E-state index contributed by atoms with van der Waals surface area (Å²) in [6, 6.07) is 6.66. The Kier molecular flexibility index (Phi) is 5.28. The van der Waals surface area contributed by atoms with Crippen molar-refractivity contribution < 1.29 is 0 Å². The van der Waals surface area contributed by atoms with E-state index in [0.717, 1.165) is 17.0 Å². The Labute approximate surface area is 114 Å². The predicted octanol–water partition coefficient (Wildman–Crippen LogP) is 2.82. The van der Waals surface area contributed by atoms with E-state index in [-0.39, 0.29) is 0 Å². The van der Waals surface area contributed by atoms with Crippen molar-refractivity contribution in [2.24, 2.45) is 5.73 Å². The van der Waals surface area contributed by atoms with Gasteiger partial charge in [-0.25, -0.2) is 0 Å². The molecule has 1 aromatic rings. The standard InChI is InChI=1S/C13H20N2S2/c1-9-5-6-11(13(14)16)12(7-9)15(3)10(2)8-17-4/h5-7,10H,8H2,1-4H3,(H2,14,16). The van der Waals surface area contributed by atoms with E-state index in [2.05, 4.69) is 38.1 Å². The second-order valence-electron chi connectivity index (χ2n) is 4.30. The molecule has 0 aliphatic heterocycles. The van der Waals surface area contributed by atoms with Crippen LogP contribution in [0.25, 0.3) is 0 Å². The Balaban J connectivity index is 3.10. The third kappa shape index (κ3) is 3.61. The molecule has 1 rings (SSSR count). The summed E-state index contributed by atoms with van der Waals surface area (Å²) < 4.78 is 0. The Morgan fingerprint density at radius 2 is 2.18 bits per heavy atom. The molecule has 0 spiro atoms. The van der Waals surface area contributed by atoms with Crippen molar-refractivity contribution in [2.75, 3.05) is 24.0 Å². The number of aryl methyl sites for hydroxylation is 1. The van der Waals surface area contributed by atoms with Gasteiger partial charge in [-0.3, -0.25) is 0 Å². The van der Waals surface area contributed by atoms with Crippen molar-refractivity contribution in [3.8, 4) is 0 Å². The maximum Gasteiger partial charge on any atom is 0.106 e. The number of hydrogen-bond donors (Lipinski definition) is 1. The molecule has 0 aliphatic carbocycles. The lowest BCUT2D eigenvalue weighted by molar-refractivity contribution is 0.764. The molecule has 0 aromatic heterocycles. The van der Waals surface area contributed by atoms with Crippen LogP contribution in [0.15, 0.2) is 18.2 Å². The highest BCUT2D eigenvalue weighted by Crippen LogP contribution is 2.23. The largest absolute Gasteiger partial charge is 0.389 e. The summed E-state index contributed by atoms with van der Waals surface area (Å²) >= 11 is 6.95. The normalized spacial score (nSPS) is 12.2. The molecule has 1 unspecified atom stereocenters. The number of nitrogens with zero attached hydrogens (tertiary/aromatic N) is 1. The van der Waals surface area contributed by atoms with Gasteiger partial charge in [0.1, 0.15) is 4.99 Å². The van der Waals surface area contributed by atoms with Crippen LogP contribution in [0, 0.1) is 6.92 Å². The van der Waals surface area contributed by atoms with E-state index < -0.39 is 0 Å². The van der Waals surface area contributed by atoms with Gasteiger partial charge in [-0.2, -0.15) is 11.8 Å². The number of benzene rings is 1. The molecule has 0 radical (unpaired) electrons. The molecule has 0 saturated heterocycles. The van der Waals surface area contributed by atoms with Gasteiger partial charge in [0.25, 0.3) is 0 Å². The number of rotatable bonds is 5. The maximum atomic E-state index is 5.78. The number of thioether (sulfide) groups is 1. The van der Waals surface area contributed by atoms with Crippen molar-refractivity contribution in [3.63, 3.8) is 0 Å². The molecule has 17 heavy (non-hydrogen) atoms. The first-order valence-corrected chi connectivity index (χ1v) is 7.39. The predicted molar refractivity (Wildman–Crippen MR) is 83.3 cm³/mol. The van der Waals surface area contributed by atoms with Gasteiger partial charge in [0.05, 0.1) is 0 Å². The second kappa shape index (κ2) is 6.26. The Morgan fingerprint density at radius 1 is 1.53 bits per heavy atom. The smallest absolute Gasteiger partial charge is 0.106 e. The lowest BCUT2D eigenvalue weighted by Gasteiger charge is -2.28. The number of hydrogen-bond acceptors (Lipinski definition) is 3. The third-order valence-corrected chi connectivity index (χ3v) is 3.90. The molecule has 2 nitrogen and oxygen atoms in total. The molecule has 0 saturated carbocycles. The molecule has 1 aromatic carbocycles. The van der Waals surface area contributed by atoms with Gasteiger partial charge in [0, 0.05) is 30.1 Å². The van der Waals surface area contributed by atoms with Crippen LogP contribution in [-0.4, -0.2) is 30.1 Å². The average molecular weight is 268 g/mol. The highest BCUT2D eigenvalue weighted by atomic mass is 32.2. The molecule has 0 bridgehead atoms. The van der Waals surface area contributed by atoms with Gasteiger partial charge in [0.2, 0.25) is 0 Å². The lowest BCUT2D eigenvalue weighted by Crippen LogP contribution is -2.32. The fourth-order valence-corrected chi connectivity index (χ4v) is 2.61. The maximum absolute atomic E-state index is 5.78. The topological polar surface area (TPSA) is 29.3 Å². The van der Waals surface area contributed by atoms with Crippen LogP contribution < -0.4 is 10.6 Å². The molecule has 0 heterocycles. The van der Waals surface area contributed by atoms with Crippen LogP contribution >= 0.6 is 24.0 Å². The molecule has 0 aliphatic rings. The van der Waals surface area contributed by atoms with Crippen LogP contribution in [0.2, 0.25) is 0 Å². The summed E-state index contributed by atoms with van der Waals surface area (Å²) in [5.74, 6) is 1.08. The van der Waals surface area contributed by atoms with E-state index in [1.165, 1.54) is 5.56 Å². The highest BCUT2D eigenvalue weighted by Gasteiger charge is 2.14. The monoisotopic (exact) mass is 268 g/mol. The van der Waals surface area contributed by atoms with Gasteiger partial charge < -0.3 is 10.6 Å². The van der Waals surface area contributed by atoms with Gasteiger partial charge in [0.15, 0.2) is 0 Å². The molecular weight excluding hydrogens is 248 g/mol. The van der Waals surface area contributed by atoms with Gasteiger partial charge in [-0.05, 0) is 37.8 Å². The third-order valence-electron chi connectivity index (χ3n) is 2.87. The number of nitrogens with two attached hydrogens (primary N) is 1. The van der Waals surface area contributed by atoms with E-state index in [9.17, 15) is 0 Å². The molecule has 4 heteroatoms. The van der Waals surface area contributed by atoms with Crippen LogP contribution in [0.3, 0.4) is 0 Å². The Morgan fingerprint density at radius 3 is 2.71 bits per heavy atom. The first-order chi connectivity index (χ1) is 7.97. The summed E-state index contributed by atoms with van der Waals surface area (Å²) in [6.45, 7) is 4.29. The first kappa shape index (κ1) is 14.3.